The van der Waals surface area contributed by atoms with E-state index < -0.39 is 11.8 Å². The van der Waals surface area contributed by atoms with E-state index in [0.717, 1.165) is 5.06 Å². The lowest BCUT2D eigenvalue weighted by Gasteiger charge is -2.12. The molecule has 0 bridgehead atoms. The second-order valence-electron chi connectivity index (χ2n) is 3.69. The van der Waals surface area contributed by atoms with Gasteiger partial charge in [0.25, 0.3) is 11.8 Å². The number of amidine groups is 1. The minimum Gasteiger partial charge on any atom is -0.379 e. The molecule has 0 saturated heterocycles. The monoisotopic (exact) mass is 279 g/mol. The fourth-order valence-corrected chi connectivity index (χ4v) is 2.12. The van der Waals surface area contributed by atoms with E-state index in [1.165, 1.54) is 11.8 Å². The normalized spacial score (nSPS) is 15.0. The molecule has 100 valence electrons. The van der Waals surface area contributed by atoms with Crippen LogP contribution in [0.2, 0.25) is 0 Å². The van der Waals surface area contributed by atoms with E-state index in [4.69, 9.17) is 10.6 Å². The van der Waals surface area contributed by atoms with Crippen molar-refractivity contribution < 1.29 is 14.4 Å². The Kier molecular flexibility index (Phi) is 4.18. The maximum Gasteiger partial charge on any atom is 0.285 e. The molecule has 0 unspecified atom stereocenters. The molecular weight excluding hydrogens is 266 g/mol. The molecule has 0 aromatic heterocycles. The summed E-state index contributed by atoms with van der Waals surface area (Å²) in [6.45, 7) is 0.201. The number of nitrogens with zero attached hydrogens (tertiary/aromatic N) is 2. The summed E-state index contributed by atoms with van der Waals surface area (Å²) in [6.07, 6.45) is 0. The highest BCUT2D eigenvalue weighted by molar-refractivity contribution is 8.13. The van der Waals surface area contributed by atoms with Crippen molar-refractivity contribution in [1.29, 1.82) is 0 Å². The average molecular weight is 279 g/mol. The molecule has 0 saturated carbocycles. The highest BCUT2D eigenvalue weighted by atomic mass is 32.2. The molecule has 1 aliphatic heterocycles. The molecule has 1 heterocycles. The van der Waals surface area contributed by atoms with E-state index in [1.54, 1.807) is 31.3 Å². The van der Waals surface area contributed by atoms with Crippen molar-refractivity contribution in [3.8, 4) is 0 Å². The van der Waals surface area contributed by atoms with E-state index in [-0.39, 0.29) is 6.61 Å². The third kappa shape index (κ3) is 2.77. The Morgan fingerprint density at radius 2 is 1.89 bits per heavy atom. The number of benzene rings is 1. The Bertz CT molecular complexity index is 510. The van der Waals surface area contributed by atoms with E-state index in [2.05, 4.69) is 4.99 Å². The number of hydroxylamine groups is 2. The Labute approximate surface area is 114 Å². The molecule has 19 heavy (non-hydrogen) atoms. The number of imide groups is 1. The van der Waals surface area contributed by atoms with Gasteiger partial charge in [0.2, 0.25) is 0 Å². The summed E-state index contributed by atoms with van der Waals surface area (Å²) in [5.41, 5.74) is 6.24. The maximum atomic E-state index is 11.9. The fourth-order valence-electron chi connectivity index (χ4n) is 1.62. The number of thioether (sulfide) groups is 1. The predicted octanol–water partition coefficient (Wildman–Crippen LogP) is 0.892. The molecule has 0 aliphatic carbocycles. The molecule has 0 radical (unpaired) electrons. The van der Waals surface area contributed by atoms with Crippen LogP contribution in [0.4, 0.5) is 0 Å². The Hall–Kier alpha value is -1.86. The Morgan fingerprint density at radius 1 is 1.32 bits per heavy atom. The van der Waals surface area contributed by atoms with E-state index in [9.17, 15) is 9.59 Å². The van der Waals surface area contributed by atoms with Crippen molar-refractivity contribution in [3.05, 3.63) is 35.4 Å². The standard InChI is InChI=1S/C12H13N3O3S/c1-14-12(13)19-7-6-18-15-10(16)8-4-2-3-5-9(8)11(15)17/h2-5H,6-7H2,1H3,(H2,13,14). The molecule has 6 nitrogen and oxygen atoms in total. The number of carbonyl (C=O) groups is 2. The van der Waals surface area contributed by atoms with Gasteiger partial charge in [0.1, 0.15) is 0 Å². The van der Waals surface area contributed by atoms with Gasteiger partial charge in [-0.3, -0.25) is 19.4 Å². The number of fused-ring (bicyclic) bond motifs is 1. The van der Waals surface area contributed by atoms with Gasteiger partial charge in [0.05, 0.1) is 17.7 Å². The van der Waals surface area contributed by atoms with Gasteiger partial charge in [0.15, 0.2) is 5.17 Å². The number of hydrogen-bond donors (Lipinski definition) is 1. The molecule has 0 fully saturated rings. The first-order chi connectivity index (χ1) is 9.15. The molecule has 7 heteroatoms. The second kappa shape index (κ2) is 5.85. The predicted molar refractivity (Wildman–Crippen MR) is 72.9 cm³/mol. The first kappa shape index (κ1) is 13.6. The van der Waals surface area contributed by atoms with Gasteiger partial charge in [-0.05, 0) is 12.1 Å². The lowest BCUT2D eigenvalue weighted by molar-refractivity contribution is -0.0852. The Balaban J connectivity index is 1.94. The highest BCUT2D eigenvalue weighted by Crippen LogP contribution is 2.22. The van der Waals surface area contributed by atoms with Gasteiger partial charge in [-0.2, -0.15) is 0 Å². The zero-order chi connectivity index (χ0) is 13.8. The van der Waals surface area contributed by atoms with Crippen LogP contribution in [0.25, 0.3) is 0 Å². The molecule has 0 atom stereocenters. The first-order valence-electron chi connectivity index (χ1n) is 5.61. The number of nitrogens with two attached hydrogens (primary N) is 1. The summed E-state index contributed by atoms with van der Waals surface area (Å²) < 4.78 is 0. The van der Waals surface area contributed by atoms with Gasteiger partial charge in [-0.15, -0.1) is 5.06 Å². The SMILES string of the molecule is CN=C(N)SCCON1C(=O)c2ccccc2C1=O. The largest absolute Gasteiger partial charge is 0.379 e. The molecule has 2 N–H and O–H groups in total. The number of aliphatic imine (C=N–C) groups is 1. The fraction of sp³-hybridized carbons (Fsp3) is 0.250. The van der Waals surface area contributed by atoms with Crippen LogP contribution in [0.5, 0.6) is 0 Å². The maximum absolute atomic E-state index is 11.9. The van der Waals surface area contributed by atoms with Crippen molar-refractivity contribution in [2.24, 2.45) is 10.7 Å². The molecule has 2 rings (SSSR count). The summed E-state index contributed by atoms with van der Waals surface area (Å²) >= 11 is 1.30. The van der Waals surface area contributed by atoms with Gasteiger partial charge in [0, 0.05) is 12.8 Å². The number of amides is 2. The van der Waals surface area contributed by atoms with Crippen LogP contribution in [0.1, 0.15) is 20.7 Å². The molecule has 2 amide bonds. The smallest absolute Gasteiger partial charge is 0.285 e. The lowest BCUT2D eigenvalue weighted by atomic mass is 10.1. The third-order valence-electron chi connectivity index (χ3n) is 2.53. The van der Waals surface area contributed by atoms with Gasteiger partial charge in [-0.1, -0.05) is 23.9 Å². The lowest BCUT2D eigenvalue weighted by Crippen LogP contribution is -2.31. The minimum atomic E-state index is -0.428. The van der Waals surface area contributed by atoms with Crippen LogP contribution in [-0.2, 0) is 4.84 Å². The van der Waals surface area contributed by atoms with Crippen molar-refractivity contribution >= 4 is 28.7 Å². The minimum absolute atomic E-state index is 0.201. The zero-order valence-electron chi connectivity index (χ0n) is 10.3. The number of rotatable bonds is 4. The van der Waals surface area contributed by atoms with Crippen molar-refractivity contribution in [1.82, 2.24) is 5.06 Å². The van der Waals surface area contributed by atoms with Crippen molar-refractivity contribution in [2.45, 2.75) is 0 Å². The van der Waals surface area contributed by atoms with Crippen molar-refractivity contribution in [2.75, 3.05) is 19.4 Å². The van der Waals surface area contributed by atoms with Gasteiger partial charge in [-0.25, -0.2) is 0 Å². The number of hydrogen-bond acceptors (Lipinski definition) is 5. The van der Waals surface area contributed by atoms with Crippen LogP contribution in [-0.4, -0.2) is 41.5 Å². The molecular formula is C12H13N3O3S. The molecule has 1 aliphatic rings. The highest BCUT2D eigenvalue weighted by Gasteiger charge is 2.36. The Morgan fingerprint density at radius 3 is 2.42 bits per heavy atom. The average Bonchev–Trinajstić information content (AvgIpc) is 2.68. The quantitative estimate of drug-likeness (QED) is 0.383. The topological polar surface area (TPSA) is 85.0 Å². The van der Waals surface area contributed by atoms with E-state index in [0.29, 0.717) is 22.0 Å². The summed E-state index contributed by atoms with van der Waals surface area (Å²) in [7, 11) is 1.59. The van der Waals surface area contributed by atoms with E-state index in [1.807, 2.05) is 0 Å². The van der Waals surface area contributed by atoms with Gasteiger partial charge < -0.3 is 5.73 Å². The summed E-state index contributed by atoms with van der Waals surface area (Å²) in [5, 5.41) is 1.23. The van der Waals surface area contributed by atoms with Crippen LogP contribution in [0, 0.1) is 0 Å². The third-order valence-corrected chi connectivity index (χ3v) is 3.38. The first-order valence-corrected chi connectivity index (χ1v) is 6.59. The van der Waals surface area contributed by atoms with Crippen molar-refractivity contribution in [3.63, 3.8) is 0 Å². The second-order valence-corrected chi connectivity index (χ2v) is 4.81. The number of carbonyl (C=O) groups excluding carboxylic acids is 2. The van der Waals surface area contributed by atoms with E-state index >= 15 is 0 Å². The van der Waals surface area contributed by atoms with Crippen LogP contribution < -0.4 is 5.73 Å². The molecule has 1 aromatic carbocycles. The van der Waals surface area contributed by atoms with Crippen LogP contribution >= 0.6 is 11.8 Å². The molecule has 0 spiro atoms. The van der Waals surface area contributed by atoms with Crippen LogP contribution in [0.15, 0.2) is 29.3 Å². The summed E-state index contributed by atoms with van der Waals surface area (Å²) in [6, 6.07) is 6.63. The van der Waals surface area contributed by atoms with Crippen LogP contribution in [0.3, 0.4) is 0 Å². The molecule has 1 aromatic rings. The summed E-state index contributed by atoms with van der Waals surface area (Å²) in [5.74, 6) is -0.346. The van der Waals surface area contributed by atoms with Gasteiger partial charge >= 0.3 is 0 Å². The summed E-state index contributed by atoms with van der Waals surface area (Å²) in [4.78, 5) is 32.8. The zero-order valence-corrected chi connectivity index (χ0v) is 11.1.